The van der Waals surface area contributed by atoms with Crippen molar-refractivity contribution in [2.24, 2.45) is 29.4 Å². The Bertz CT molecular complexity index is 1840. The number of phenolic OH excluding ortho intramolecular Hbond substituents is 1. The van der Waals surface area contributed by atoms with E-state index < -0.39 is 35.6 Å². The van der Waals surface area contributed by atoms with Crippen molar-refractivity contribution in [1.82, 2.24) is 10.6 Å². The molecule has 0 aliphatic rings. The molecule has 0 heterocycles. The average molecular weight is 1080 g/mol. The number of aromatic hydroxyl groups is 1. The summed E-state index contributed by atoms with van der Waals surface area (Å²) in [6.45, 7) is 4.40. The number of nitrogens with one attached hydrogen (secondary N) is 2. The molecule has 1 rings (SSSR count). The molecular weight excluding hydrogens is 983 g/mol. The number of Topliss-reactive ketones (excluding diaryl/α,β-unsaturated/α-hetero) is 4. The van der Waals surface area contributed by atoms with Gasteiger partial charge in [-0.2, -0.15) is 0 Å². The minimum Gasteiger partial charge on any atom is -0.508 e. The molecule has 3 amide bonds. The number of aliphatic carboxylic acids is 2. The van der Waals surface area contributed by atoms with Gasteiger partial charge in [-0.3, -0.25) is 43.2 Å². The molecule has 19 nitrogen and oxygen atoms in total. The van der Waals surface area contributed by atoms with Gasteiger partial charge in [0, 0.05) is 72.7 Å². The molecule has 0 unspecified atom stereocenters. The SMILES string of the molecule is CC(C)CC(=O)C[C@@H](CCCCNC(=O)COCCOCC(=O)COCCOCCNC(=O)CC[C@H](CC(=O)CCCCCCCCCCCCCCCCC(=O)O)C(=O)O)C(=O)C[C@@H](Cc1ccc(O)cc1)C(N)=O.[HH].[HH]. The van der Waals surface area contributed by atoms with Gasteiger partial charge in [0.1, 0.15) is 42.9 Å². The molecule has 436 valence electrons. The van der Waals surface area contributed by atoms with E-state index in [4.69, 9.17) is 29.8 Å². The summed E-state index contributed by atoms with van der Waals surface area (Å²) in [6.07, 6.45) is 17.8. The third-order valence-corrected chi connectivity index (χ3v) is 12.8. The molecular formula is C57H97N3O16. The van der Waals surface area contributed by atoms with Crippen LogP contribution >= 0.6 is 0 Å². The van der Waals surface area contributed by atoms with Crippen molar-refractivity contribution in [2.75, 3.05) is 65.9 Å². The lowest BCUT2D eigenvalue weighted by Crippen LogP contribution is -2.31. The molecule has 0 aliphatic heterocycles. The largest absolute Gasteiger partial charge is 0.508 e. The molecule has 0 saturated carbocycles. The summed E-state index contributed by atoms with van der Waals surface area (Å²) in [5, 5.41) is 33.3. The lowest BCUT2D eigenvalue weighted by Gasteiger charge is -2.19. The lowest BCUT2D eigenvalue weighted by atomic mass is 9.84. The maximum absolute atomic E-state index is 13.4. The molecule has 19 heteroatoms. The van der Waals surface area contributed by atoms with Crippen LogP contribution in [-0.4, -0.2) is 134 Å². The van der Waals surface area contributed by atoms with Crippen LogP contribution in [0.4, 0.5) is 0 Å². The predicted octanol–water partition coefficient (Wildman–Crippen LogP) is 7.91. The van der Waals surface area contributed by atoms with Crippen molar-refractivity contribution >= 4 is 52.8 Å². The van der Waals surface area contributed by atoms with Gasteiger partial charge in [-0.05, 0) is 62.1 Å². The third-order valence-electron chi connectivity index (χ3n) is 12.8. The van der Waals surface area contributed by atoms with Gasteiger partial charge < -0.3 is 50.6 Å². The topological polar surface area (TPSA) is 301 Å². The average Bonchev–Trinajstić information content (AvgIpc) is 3.36. The standard InChI is InChI=1S/C57H93N3O16.2H2/c1-43(2)35-50(63)37-45(52(65)39-47(56(58)70)36-44-22-25-48(61)26-23-44)19-17-18-28-59-54(67)42-76-34-33-75-41-51(64)40-74-32-31-73-30-29-60-53(66)27-24-46(57(71)72)38-49(62)20-15-13-11-9-7-5-3-4-6-8-10-12-14-16-21-55(68)69;;/h22-23,25-26,43,45-47,61H,3-21,24,27-42H2,1-2H3,(H2,58,70)(H,59,67)(H,60,66)(H,68,69)(H,71,72);2*1H/t45-,46-,47-;;/m1../s1. The highest BCUT2D eigenvalue weighted by Crippen LogP contribution is 2.24. The number of carboxylic acid groups (broad SMARTS) is 2. The van der Waals surface area contributed by atoms with Gasteiger partial charge in [-0.15, -0.1) is 0 Å². The van der Waals surface area contributed by atoms with Crippen LogP contribution in [0.25, 0.3) is 0 Å². The second-order valence-electron chi connectivity index (χ2n) is 20.3. The summed E-state index contributed by atoms with van der Waals surface area (Å²) in [4.78, 5) is 110. The van der Waals surface area contributed by atoms with Gasteiger partial charge in [-0.25, -0.2) is 0 Å². The number of rotatable bonds is 53. The van der Waals surface area contributed by atoms with Crippen molar-refractivity contribution < 1.29 is 80.3 Å². The van der Waals surface area contributed by atoms with Crippen molar-refractivity contribution in [3.05, 3.63) is 29.8 Å². The van der Waals surface area contributed by atoms with Crippen molar-refractivity contribution in [3.8, 4) is 5.75 Å². The number of ketones is 4. The second kappa shape index (κ2) is 45.0. The number of hydrogen-bond donors (Lipinski definition) is 6. The highest BCUT2D eigenvalue weighted by Gasteiger charge is 2.28. The van der Waals surface area contributed by atoms with Gasteiger partial charge >= 0.3 is 11.9 Å². The van der Waals surface area contributed by atoms with E-state index in [9.17, 15) is 53.4 Å². The Morgan fingerprint density at radius 3 is 1.55 bits per heavy atom. The first-order valence-corrected chi connectivity index (χ1v) is 27.9. The summed E-state index contributed by atoms with van der Waals surface area (Å²) in [7, 11) is 0. The molecule has 0 fully saturated rings. The van der Waals surface area contributed by atoms with Crippen LogP contribution in [0.3, 0.4) is 0 Å². The number of nitrogens with two attached hydrogens (primary N) is 1. The Balaban J connectivity index is 0. The molecule has 1 aromatic carbocycles. The first-order chi connectivity index (χ1) is 36.5. The van der Waals surface area contributed by atoms with Crippen molar-refractivity contribution in [1.29, 1.82) is 0 Å². The monoisotopic (exact) mass is 1080 g/mol. The molecule has 1 aromatic rings. The zero-order valence-electron chi connectivity index (χ0n) is 45.8. The summed E-state index contributed by atoms with van der Waals surface area (Å²) in [5.74, 6) is -5.75. The number of hydrogen-bond acceptors (Lipinski definition) is 14. The molecule has 3 atom stereocenters. The van der Waals surface area contributed by atoms with E-state index >= 15 is 0 Å². The quantitative estimate of drug-likeness (QED) is 0.0338. The molecule has 0 aliphatic carbocycles. The fourth-order valence-corrected chi connectivity index (χ4v) is 8.57. The van der Waals surface area contributed by atoms with E-state index in [0.29, 0.717) is 38.6 Å². The number of phenols is 1. The normalized spacial score (nSPS) is 12.5. The van der Waals surface area contributed by atoms with Gasteiger partial charge in [0.15, 0.2) is 5.78 Å². The van der Waals surface area contributed by atoms with Gasteiger partial charge in [0.05, 0.1) is 39.0 Å². The van der Waals surface area contributed by atoms with E-state index in [-0.39, 0.29) is 154 Å². The molecule has 0 radical (unpaired) electrons. The van der Waals surface area contributed by atoms with Crippen LogP contribution in [0.5, 0.6) is 5.75 Å². The highest BCUT2D eigenvalue weighted by molar-refractivity contribution is 5.91. The Hall–Kier alpha value is -5.11. The van der Waals surface area contributed by atoms with Gasteiger partial charge in [0.2, 0.25) is 17.7 Å². The van der Waals surface area contributed by atoms with E-state index in [2.05, 4.69) is 10.6 Å². The second-order valence-corrected chi connectivity index (χ2v) is 20.3. The first kappa shape index (κ1) is 68.9. The first-order valence-electron chi connectivity index (χ1n) is 27.9. The number of unbranched alkanes of at least 4 members (excludes halogenated alkanes) is 14. The molecule has 0 saturated heterocycles. The maximum Gasteiger partial charge on any atom is 0.306 e. The number of ether oxygens (including phenoxy) is 4. The number of carbonyl (C=O) groups excluding carboxylic acids is 7. The fourth-order valence-electron chi connectivity index (χ4n) is 8.57. The molecule has 0 aromatic heterocycles. The Kier molecular flexibility index (Phi) is 40.8. The summed E-state index contributed by atoms with van der Waals surface area (Å²) in [6, 6.07) is 6.33. The van der Waals surface area contributed by atoms with E-state index in [1.54, 1.807) is 12.1 Å². The number of amides is 3. The third kappa shape index (κ3) is 40.2. The lowest BCUT2D eigenvalue weighted by molar-refractivity contribution is -0.144. The Morgan fingerprint density at radius 2 is 1.01 bits per heavy atom. The van der Waals surface area contributed by atoms with Crippen LogP contribution in [0.2, 0.25) is 0 Å². The molecule has 7 N–H and O–H groups in total. The predicted molar refractivity (Wildman–Crippen MR) is 291 cm³/mol. The smallest absolute Gasteiger partial charge is 0.306 e. The van der Waals surface area contributed by atoms with Crippen molar-refractivity contribution in [2.45, 2.75) is 181 Å². The zero-order chi connectivity index (χ0) is 56.2. The number of primary amides is 1. The Labute approximate surface area is 454 Å². The van der Waals surface area contributed by atoms with E-state index in [1.807, 2.05) is 13.8 Å². The van der Waals surface area contributed by atoms with Crippen LogP contribution in [0, 0.1) is 23.7 Å². The van der Waals surface area contributed by atoms with Gasteiger partial charge in [-0.1, -0.05) is 109 Å². The van der Waals surface area contributed by atoms with E-state index in [0.717, 1.165) is 50.5 Å². The van der Waals surface area contributed by atoms with Gasteiger partial charge in [0.25, 0.3) is 0 Å². The Morgan fingerprint density at radius 1 is 0.500 bits per heavy atom. The molecule has 76 heavy (non-hydrogen) atoms. The molecule has 0 spiro atoms. The van der Waals surface area contributed by atoms with Crippen LogP contribution < -0.4 is 16.4 Å². The fraction of sp³-hybridized carbons (Fsp3) is 0.737. The maximum atomic E-state index is 13.4. The summed E-state index contributed by atoms with van der Waals surface area (Å²) in [5.41, 5.74) is 6.39. The molecule has 0 bridgehead atoms. The van der Waals surface area contributed by atoms with Crippen LogP contribution in [0.15, 0.2) is 24.3 Å². The van der Waals surface area contributed by atoms with Crippen LogP contribution in [0.1, 0.15) is 183 Å². The number of benzene rings is 1. The summed E-state index contributed by atoms with van der Waals surface area (Å²) >= 11 is 0. The van der Waals surface area contributed by atoms with E-state index in [1.165, 1.54) is 57.1 Å². The number of carboxylic acids is 2. The van der Waals surface area contributed by atoms with Crippen molar-refractivity contribution in [3.63, 3.8) is 0 Å². The minimum absolute atomic E-state index is 0. The summed E-state index contributed by atoms with van der Waals surface area (Å²) < 4.78 is 21.4. The highest BCUT2D eigenvalue weighted by atomic mass is 16.5. The zero-order valence-corrected chi connectivity index (χ0v) is 45.8. The minimum atomic E-state index is -1.09. The number of carbonyl (C=O) groups is 9. The van der Waals surface area contributed by atoms with Crippen LogP contribution in [-0.2, 0) is 68.5 Å².